The number of carbonyl (C=O) groups is 2. The summed E-state index contributed by atoms with van der Waals surface area (Å²) in [4.78, 5) is 50.5. The number of rotatable bonds is 6. The number of aryl methyl sites for hydroxylation is 1. The number of carbonyl (C=O) groups excluding carboxylic acids is 2. The van der Waals surface area contributed by atoms with Gasteiger partial charge in [0.2, 0.25) is 5.60 Å². The lowest BCUT2D eigenvalue weighted by atomic mass is 9.93. The molecule has 0 saturated carbocycles. The van der Waals surface area contributed by atoms with Gasteiger partial charge in [0.1, 0.15) is 6.10 Å². The number of hydrogen-bond donors (Lipinski definition) is 2. The van der Waals surface area contributed by atoms with Crippen LogP contribution >= 0.6 is 0 Å². The molecule has 0 unspecified atom stereocenters. The zero-order valence-corrected chi connectivity index (χ0v) is 29.7. The lowest BCUT2D eigenvalue weighted by molar-refractivity contribution is -0.150. The number of aromatic nitrogens is 2. The van der Waals surface area contributed by atoms with Gasteiger partial charge in [-0.1, -0.05) is 41.5 Å². The van der Waals surface area contributed by atoms with E-state index in [0.29, 0.717) is 5.41 Å². The Hall–Kier alpha value is -2.42. The van der Waals surface area contributed by atoms with Crippen LogP contribution in [0.25, 0.3) is 0 Å². The van der Waals surface area contributed by atoms with Crippen molar-refractivity contribution in [3.05, 3.63) is 43.7 Å². The summed E-state index contributed by atoms with van der Waals surface area (Å²) in [5.74, 6) is -2.67. The average Bonchev–Trinajstić information content (AvgIpc) is 3.25. The maximum atomic E-state index is 13.5. The van der Waals surface area contributed by atoms with Crippen molar-refractivity contribution in [2.45, 2.75) is 109 Å². The second kappa shape index (κ2) is 10.9. The molecule has 43 heavy (non-hydrogen) atoms. The number of amides is 2. The third-order valence-corrected chi connectivity index (χ3v) is 18.8. The molecular formula is C26H44N4O10SSi2. The van der Waals surface area contributed by atoms with Crippen molar-refractivity contribution >= 4 is 38.6 Å². The standard InChI is InChI=1S/C26H44N4O10SSi2/c1-15-13-30(23(34)29(8)20(15)33)21-17(38-42(9,10)24(2,3)4)26(22(37-21)39-43(11,12)25(5,6)7)16(14-41(35,36)40-26)28-19(32)18(27)31/h13-14,17,21-22H,1-12H3,(H2,27,31)(H,28,32)/t17-,21+,22+,26-/m0/s1. The van der Waals surface area contributed by atoms with Gasteiger partial charge >= 0.3 is 17.5 Å². The third kappa shape index (κ3) is 6.25. The van der Waals surface area contributed by atoms with Gasteiger partial charge in [-0.25, -0.2) is 8.98 Å². The molecule has 2 amide bonds. The van der Waals surface area contributed by atoms with E-state index in [0.717, 1.165) is 9.13 Å². The fraction of sp³-hybridized carbons (Fsp3) is 0.692. The topological polar surface area (TPSA) is 187 Å². The summed E-state index contributed by atoms with van der Waals surface area (Å²) < 4.78 is 54.2. The van der Waals surface area contributed by atoms with Gasteiger partial charge in [0.15, 0.2) is 29.2 Å². The van der Waals surface area contributed by atoms with E-state index < -0.39 is 84.1 Å². The Morgan fingerprint density at radius 2 is 1.53 bits per heavy atom. The monoisotopic (exact) mass is 660 g/mol. The average molecular weight is 661 g/mol. The Kier molecular flexibility index (Phi) is 8.88. The van der Waals surface area contributed by atoms with Gasteiger partial charge in [0.25, 0.3) is 15.7 Å². The molecule has 0 bridgehead atoms. The first-order chi connectivity index (χ1) is 19.2. The van der Waals surface area contributed by atoms with E-state index in [9.17, 15) is 27.6 Å². The zero-order chi connectivity index (χ0) is 33.3. The maximum absolute atomic E-state index is 13.5. The number of primary amides is 1. The van der Waals surface area contributed by atoms with Crippen LogP contribution in [-0.4, -0.2) is 64.0 Å². The van der Waals surface area contributed by atoms with E-state index in [1.54, 1.807) is 0 Å². The zero-order valence-electron chi connectivity index (χ0n) is 26.8. The van der Waals surface area contributed by atoms with Crippen LogP contribution < -0.4 is 22.3 Å². The summed E-state index contributed by atoms with van der Waals surface area (Å²) in [6.45, 7) is 20.9. The molecule has 1 spiro atoms. The maximum Gasteiger partial charge on any atom is 0.332 e. The van der Waals surface area contributed by atoms with Crippen LogP contribution in [0.1, 0.15) is 53.3 Å². The van der Waals surface area contributed by atoms with Crippen LogP contribution in [0.2, 0.25) is 36.3 Å². The minimum atomic E-state index is -4.53. The second-order valence-corrected chi connectivity index (χ2v) is 25.0. The Morgan fingerprint density at radius 1 is 1.02 bits per heavy atom. The minimum absolute atomic E-state index is 0.206. The van der Waals surface area contributed by atoms with Crippen molar-refractivity contribution in [3.63, 3.8) is 0 Å². The first-order valence-electron chi connectivity index (χ1n) is 13.8. The molecule has 0 aromatic carbocycles. The van der Waals surface area contributed by atoms with Crippen molar-refractivity contribution in [2.75, 3.05) is 0 Å². The molecule has 3 rings (SSSR count). The van der Waals surface area contributed by atoms with E-state index in [4.69, 9.17) is 23.5 Å². The Balaban J connectivity index is 2.44. The summed E-state index contributed by atoms with van der Waals surface area (Å²) >= 11 is 0. The molecule has 1 saturated heterocycles. The third-order valence-electron chi connectivity index (χ3n) is 8.90. The fourth-order valence-electron chi connectivity index (χ4n) is 4.26. The first kappa shape index (κ1) is 35.1. The van der Waals surface area contributed by atoms with Crippen LogP contribution in [0.4, 0.5) is 0 Å². The van der Waals surface area contributed by atoms with Gasteiger partial charge in [-0.3, -0.25) is 23.5 Å². The van der Waals surface area contributed by atoms with Gasteiger partial charge in [0, 0.05) is 18.8 Å². The SMILES string of the molecule is Cc1cn([C@@H]2O[C@H](O[Si](C)(C)C(C)(C)C)[C@@]3(OS(=O)(=O)C=C3NC(=O)C(N)=O)[C@H]2O[Si](C)(C)C(C)(C)C)c(=O)n(C)c1=O. The van der Waals surface area contributed by atoms with E-state index in [-0.39, 0.29) is 11.3 Å². The molecule has 14 nitrogen and oxygen atoms in total. The van der Waals surface area contributed by atoms with Crippen LogP contribution in [0.5, 0.6) is 0 Å². The quantitative estimate of drug-likeness (QED) is 0.258. The largest absolute Gasteiger partial charge is 0.406 e. The number of nitrogens with zero attached hydrogens (tertiary/aromatic N) is 2. The summed E-state index contributed by atoms with van der Waals surface area (Å²) in [5.41, 5.74) is 1.52. The van der Waals surface area contributed by atoms with E-state index in [2.05, 4.69) is 5.32 Å². The predicted octanol–water partition coefficient (Wildman–Crippen LogP) is 1.66. The Bertz CT molecular complexity index is 1580. The minimum Gasteiger partial charge on any atom is -0.406 e. The highest BCUT2D eigenvalue weighted by molar-refractivity contribution is 7.90. The summed E-state index contributed by atoms with van der Waals surface area (Å²) in [5, 5.41) is 2.11. The molecule has 1 aromatic rings. The van der Waals surface area contributed by atoms with E-state index in [1.807, 2.05) is 67.7 Å². The first-order valence-corrected chi connectivity index (χ1v) is 21.1. The Morgan fingerprint density at radius 3 is 2.02 bits per heavy atom. The van der Waals surface area contributed by atoms with Crippen molar-refractivity contribution in [1.82, 2.24) is 14.5 Å². The highest BCUT2D eigenvalue weighted by atomic mass is 32.2. The van der Waals surface area contributed by atoms with Crippen molar-refractivity contribution in [2.24, 2.45) is 12.8 Å². The smallest absolute Gasteiger partial charge is 0.332 e. The second-order valence-electron chi connectivity index (χ2n) is 14.1. The fourth-order valence-corrected chi connectivity index (χ4v) is 7.88. The molecule has 3 heterocycles. The van der Waals surface area contributed by atoms with Gasteiger partial charge in [0.05, 0.1) is 11.1 Å². The molecule has 1 aromatic heterocycles. The van der Waals surface area contributed by atoms with Crippen LogP contribution in [0.15, 0.2) is 26.9 Å². The molecule has 242 valence electrons. The lowest BCUT2D eigenvalue weighted by Gasteiger charge is -2.45. The van der Waals surface area contributed by atoms with Crippen molar-refractivity contribution in [3.8, 4) is 0 Å². The molecule has 0 radical (unpaired) electrons. The number of nitrogens with one attached hydrogen (secondary N) is 1. The van der Waals surface area contributed by atoms with Crippen LogP contribution in [0.3, 0.4) is 0 Å². The Labute approximate surface area is 253 Å². The van der Waals surface area contributed by atoms with Crippen molar-refractivity contribution in [1.29, 1.82) is 0 Å². The van der Waals surface area contributed by atoms with Gasteiger partial charge < -0.3 is 24.6 Å². The summed E-state index contributed by atoms with van der Waals surface area (Å²) in [6, 6.07) is 0. The van der Waals surface area contributed by atoms with Crippen LogP contribution in [-0.2, 0) is 44.5 Å². The van der Waals surface area contributed by atoms with E-state index in [1.165, 1.54) is 20.2 Å². The van der Waals surface area contributed by atoms with Crippen LogP contribution in [0, 0.1) is 6.92 Å². The normalized spacial score (nSPS) is 26.0. The highest BCUT2D eigenvalue weighted by Gasteiger charge is 2.70. The van der Waals surface area contributed by atoms with Gasteiger partial charge in [-0.15, -0.1) is 0 Å². The molecule has 4 atom stereocenters. The molecule has 3 N–H and O–H groups in total. The lowest BCUT2D eigenvalue weighted by Crippen LogP contribution is -2.61. The predicted molar refractivity (Wildman–Crippen MR) is 163 cm³/mol. The summed E-state index contributed by atoms with van der Waals surface area (Å²) in [6.07, 6.45) is -3.10. The summed E-state index contributed by atoms with van der Waals surface area (Å²) in [7, 11) is -8.91. The number of hydrogen-bond acceptors (Lipinski definition) is 10. The number of nitrogens with two attached hydrogens (primary N) is 1. The molecule has 2 aliphatic rings. The molecular weight excluding hydrogens is 617 g/mol. The van der Waals surface area contributed by atoms with Gasteiger partial charge in [-0.2, -0.15) is 8.42 Å². The molecule has 1 fully saturated rings. The molecule has 17 heteroatoms. The van der Waals surface area contributed by atoms with Crippen molar-refractivity contribution < 1.29 is 35.8 Å². The molecule has 2 aliphatic heterocycles. The molecule has 0 aliphatic carbocycles. The van der Waals surface area contributed by atoms with Gasteiger partial charge in [-0.05, 0) is 43.2 Å². The highest BCUT2D eigenvalue weighted by Crippen LogP contribution is 2.54. The number of ether oxygens (including phenoxy) is 1. The van der Waals surface area contributed by atoms with E-state index >= 15 is 0 Å².